The maximum atomic E-state index is 9.77. The molecule has 2 nitrogen and oxygen atoms in total. The molecule has 0 amide bonds. The van der Waals surface area contributed by atoms with Gasteiger partial charge >= 0.3 is 0 Å². The minimum absolute atomic E-state index is 0.250. The fraction of sp³-hybridized carbons (Fsp3) is 0.200. The Bertz CT molecular complexity index is 663. The second-order valence-corrected chi connectivity index (χ2v) is 5.95. The maximum absolute atomic E-state index is 9.77. The fourth-order valence-corrected chi connectivity index (χ4v) is 2.63. The quantitative estimate of drug-likeness (QED) is 0.762. The highest BCUT2D eigenvalue weighted by atomic mass is 16.3. The molecule has 0 saturated carbocycles. The van der Waals surface area contributed by atoms with Crippen LogP contribution in [0.1, 0.15) is 25.0 Å². The standard InChI is InChI=1S/C20H22O2/c1-13(2)9-15-11-17(21)5-7-19(15)20-8-6-18(22)12-16(20)10-14(3)4/h5-8,11-12,21-22H,1,3,9-10H2,2,4H3. The van der Waals surface area contributed by atoms with E-state index in [1.165, 1.54) is 0 Å². The van der Waals surface area contributed by atoms with Gasteiger partial charge in [-0.2, -0.15) is 0 Å². The largest absolute Gasteiger partial charge is 0.508 e. The third kappa shape index (κ3) is 3.79. The molecule has 0 saturated heterocycles. The van der Waals surface area contributed by atoms with Crippen molar-refractivity contribution >= 4 is 0 Å². The van der Waals surface area contributed by atoms with E-state index in [0.717, 1.165) is 33.4 Å². The van der Waals surface area contributed by atoms with Crippen molar-refractivity contribution in [3.8, 4) is 22.6 Å². The molecule has 2 heteroatoms. The van der Waals surface area contributed by atoms with Gasteiger partial charge in [-0.15, -0.1) is 0 Å². The summed E-state index contributed by atoms with van der Waals surface area (Å²) in [7, 11) is 0. The van der Waals surface area contributed by atoms with Crippen molar-refractivity contribution in [2.45, 2.75) is 26.7 Å². The smallest absolute Gasteiger partial charge is 0.115 e. The van der Waals surface area contributed by atoms with Crippen LogP contribution in [0.2, 0.25) is 0 Å². The second-order valence-electron chi connectivity index (χ2n) is 5.95. The highest BCUT2D eigenvalue weighted by Crippen LogP contribution is 2.33. The summed E-state index contributed by atoms with van der Waals surface area (Å²) in [5, 5.41) is 19.5. The third-order valence-corrected chi connectivity index (χ3v) is 3.45. The molecule has 2 rings (SSSR count). The monoisotopic (exact) mass is 294 g/mol. The summed E-state index contributed by atoms with van der Waals surface area (Å²) < 4.78 is 0. The lowest BCUT2D eigenvalue weighted by atomic mass is 9.90. The van der Waals surface area contributed by atoms with Crippen LogP contribution < -0.4 is 0 Å². The van der Waals surface area contributed by atoms with Crippen molar-refractivity contribution in [2.24, 2.45) is 0 Å². The van der Waals surface area contributed by atoms with E-state index in [9.17, 15) is 10.2 Å². The molecule has 0 aliphatic heterocycles. The lowest BCUT2D eigenvalue weighted by Gasteiger charge is -2.15. The van der Waals surface area contributed by atoms with Crippen molar-refractivity contribution < 1.29 is 10.2 Å². The molecule has 0 aliphatic carbocycles. The summed E-state index contributed by atoms with van der Waals surface area (Å²) in [6, 6.07) is 10.8. The number of allylic oxidation sites excluding steroid dienone is 2. The van der Waals surface area contributed by atoms with Crippen LogP contribution in [0, 0.1) is 0 Å². The Labute approximate surface area is 132 Å². The molecule has 2 aromatic carbocycles. The van der Waals surface area contributed by atoms with Gasteiger partial charge in [0.25, 0.3) is 0 Å². The average molecular weight is 294 g/mol. The van der Waals surface area contributed by atoms with E-state index >= 15 is 0 Å². The van der Waals surface area contributed by atoms with Crippen molar-refractivity contribution in [1.29, 1.82) is 0 Å². The van der Waals surface area contributed by atoms with Crippen LogP contribution in [0.4, 0.5) is 0 Å². The van der Waals surface area contributed by atoms with Crippen LogP contribution in [-0.2, 0) is 12.8 Å². The van der Waals surface area contributed by atoms with E-state index in [1.54, 1.807) is 24.3 Å². The van der Waals surface area contributed by atoms with E-state index in [-0.39, 0.29) is 11.5 Å². The first-order valence-corrected chi connectivity index (χ1v) is 7.29. The van der Waals surface area contributed by atoms with Crippen LogP contribution in [0.25, 0.3) is 11.1 Å². The van der Waals surface area contributed by atoms with Gasteiger partial charge in [0.05, 0.1) is 0 Å². The predicted molar refractivity (Wildman–Crippen MR) is 92.2 cm³/mol. The van der Waals surface area contributed by atoms with E-state index in [0.29, 0.717) is 12.8 Å². The van der Waals surface area contributed by atoms with Crippen LogP contribution in [-0.4, -0.2) is 10.2 Å². The molecular weight excluding hydrogens is 272 g/mol. The molecule has 0 bridgehead atoms. The van der Waals surface area contributed by atoms with Crippen LogP contribution in [0.3, 0.4) is 0 Å². The van der Waals surface area contributed by atoms with Gasteiger partial charge in [-0.1, -0.05) is 36.4 Å². The number of benzene rings is 2. The molecule has 0 fully saturated rings. The molecular formula is C20H22O2. The first-order chi connectivity index (χ1) is 10.4. The van der Waals surface area contributed by atoms with Gasteiger partial charge in [0.15, 0.2) is 0 Å². The Morgan fingerprint density at radius 1 is 0.773 bits per heavy atom. The molecule has 0 unspecified atom stereocenters. The number of hydrogen-bond donors (Lipinski definition) is 2. The molecule has 114 valence electrons. The first-order valence-electron chi connectivity index (χ1n) is 7.29. The van der Waals surface area contributed by atoms with E-state index < -0.39 is 0 Å². The number of hydrogen-bond acceptors (Lipinski definition) is 2. The Morgan fingerprint density at radius 3 is 1.45 bits per heavy atom. The predicted octanol–water partition coefficient (Wildman–Crippen LogP) is 5.00. The molecule has 0 heterocycles. The summed E-state index contributed by atoms with van der Waals surface area (Å²) in [5.74, 6) is 0.500. The molecule has 0 radical (unpaired) electrons. The summed E-state index contributed by atoms with van der Waals surface area (Å²) in [4.78, 5) is 0. The SMILES string of the molecule is C=C(C)Cc1cc(O)ccc1-c1ccc(O)cc1CC(=C)C. The summed E-state index contributed by atoms with van der Waals surface area (Å²) in [6.45, 7) is 11.9. The zero-order chi connectivity index (χ0) is 16.3. The fourth-order valence-electron chi connectivity index (χ4n) is 2.63. The third-order valence-electron chi connectivity index (χ3n) is 3.45. The zero-order valence-corrected chi connectivity index (χ0v) is 13.2. The molecule has 0 aliphatic rings. The van der Waals surface area contributed by atoms with Crippen molar-refractivity contribution in [2.75, 3.05) is 0 Å². The molecule has 2 aromatic rings. The second kappa shape index (κ2) is 6.52. The van der Waals surface area contributed by atoms with Crippen LogP contribution >= 0.6 is 0 Å². The molecule has 0 spiro atoms. The van der Waals surface area contributed by atoms with Gasteiger partial charge in [0.1, 0.15) is 11.5 Å². The highest BCUT2D eigenvalue weighted by molar-refractivity contribution is 5.73. The number of aromatic hydroxyl groups is 2. The van der Waals surface area contributed by atoms with E-state index in [2.05, 4.69) is 13.2 Å². The summed E-state index contributed by atoms with van der Waals surface area (Å²) >= 11 is 0. The lowest BCUT2D eigenvalue weighted by molar-refractivity contribution is 0.474. The minimum Gasteiger partial charge on any atom is -0.508 e. The Morgan fingerprint density at radius 2 is 1.14 bits per heavy atom. The maximum Gasteiger partial charge on any atom is 0.115 e. The van der Waals surface area contributed by atoms with Crippen molar-refractivity contribution in [3.63, 3.8) is 0 Å². The summed E-state index contributed by atoms with van der Waals surface area (Å²) in [5.41, 5.74) is 6.23. The Kier molecular flexibility index (Phi) is 4.71. The zero-order valence-electron chi connectivity index (χ0n) is 13.2. The van der Waals surface area contributed by atoms with Crippen molar-refractivity contribution in [3.05, 3.63) is 71.8 Å². The highest BCUT2D eigenvalue weighted by Gasteiger charge is 2.12. The first kappa shape index (κ1) is 15.9. The number of phenolic OH excluding ortho intramolecular Hbond substituents is 2. The van der Waals surface area contributed by atoms with Gasteiger partial charge in [-0.05, 0) is 73.2 Å². The van der Waals surface area contributed by atoms with Gasteiger partial charge < -0.3 is 10.2 Å². The molecule has 2 N–H and O–H groups in total. The summed E-state index contributed by atoms with van der Waals surface area (Å²) in [6.07, 6.45) is 1.41. The van der Waals surface area contributed by atoms with E-state index in [4.69, 9.17) is 0 Å². The number of phenols is 2. The van der Waals surface area contributed by atoms with Gasteiger partial charge in [-0.25, -0.2) is 0 Å². The number of rotatable bonds is 5. The van der Waals surface area contributed by atoms with Gasteiger partial charge in [-0.3, -0.25) is 0 Å². The normalized spacial score (nSPS) is 10.5. The molecule has 0 aromatic heterocycles. The van der Waals surface area contributed by atoms with Gasteiger partial charge in [0.2, 0.25) is 0 Å². The molecule has 0 atom stereocenters. The molecule has 22 heavy (non-hydrogen) atoms. The Hall–Kier alpha value is -2.48. The lowest BCUT2D eigenvalue weighted by Crippen LogP contribution is -1.96. The van der Waals surface area contributed by atoms with Gasteiger partial charge in [0, 0.05) is 0 Å². The average Bonchev–Trinajstić information content (AvgIpc) is 2.38. The minimum atomic E-state index is 0.250. The van der Waals surface area contributed by atoms with Crippen molar-refractivity contribution in [1.82, 2.24) is 0 Å². The Balaban J connectivity index is 2.60. The van der Waals surface area contributed by atoms with Crippen LogP contribution in [0.5, 0.6) is 11.5 Å². The van der Waals surface area contributed by atoms with E-state index in [1.807, 2.05) is 26.0 Å². The van der Waals surface area contributed by atoms with Crippen LogP contribution in [0.15, 0.2) is 60.7 Å². The topological polar surface area (TPSA) is 40.5 Å².